The zero-order valence-corrected chi connectivity index (χ0v) is 12.4. The lowest BCUT2D eigenvalue weighted by atomic mass is 10.1. The van der Waals surface area contributed by atoms with Crippen LogP contribution in [0.4, 0.5) is 0 Å². The molecule has 0 saturated carbocycles. The van der Waals surface area contributed by atoms with Crippen LogP contribution in [0.25, 0.3) is 0 Å². The zero-order chi connectivity index (χ0) is 11.9. The summed E-state index contributed by atoms with van der Waals surface area (Å²) in [5.74, 6) is 0.510. The minimum Gasteiger partial charge on any atom is -0.229 e. The minimum atomic E-state index is -2.95. The molecule has 1 fully saturated rings. The fourth-order valence-corrected chi connectivity index (χ4v) is 3.97. The van der Waals surface area contributed by atoms with Crippen molar-refractivity contribution in [3.63, 3.8) is 0 Å². The van der Waals surface area contributed by atoms with Gasteiger partial charge in [-0.3, -0.25) is 0 Å². The Morgan fingerprint density at radius 1 is 1.25 bits per heavy atom. The van der Waals surface area contributed by atoms with E-state index in [1.807, 2.05) is 22.6 Å². The zero-order valence-electron chi connectivity index (χ0n) is 7.95. The van der Waals surface area contributed by atoms with Crippen LogP contribution in [0.1, 0.15) is 18.2 Å². The molecular formula is C8H7Cl2IN2O2S. The first-order valence-corrected chi connectivity index (χ1v) is 8.13. The van der Waals surface area contributed by atoms with E-state index in [4.69, 9.17) is 23.2 Å². The van der Waals surface area contributed by atoms with Crippen molar-refractivity contribution in [1.29, 1.82) is 0 Å². The van der Waals surface area contributed by atoms with Crippen LogP contribution in [0.5, 0.6) is 0 Å². The maximum Gasteiger partial charge on any atom is 0.151 e. The highest BCUT2D eigenvalue weighted by Crippen LogP contribution is 2.30. The molecule has 0 bridgehead atoms. The molecule has 1 saturated heterocycles. The standard InChI is InChI=1S/C8H7Cl2IN2O2S/c9-6-5(11)7(10)13-8(12-6)4-1-2-16(14,15)3-4/h4H,1-3H2. The second kappa shape index (κ2) is 4.55. The Hall–Kier alpha value is 0.340. The fraction of sp³-hybridized carbons (Fsp3) is 0.500. The third kappa shape index (κ3) is 2.60. The number of hydrogen-bond acceptors (Lipinski definition) is 4. The molecule has 1 aliphatic heterocycles. The Bertz CT molecular complexity index is 512. The summed E-state index contributed by atoms with van der Waals surface area (Å²) in [6.07, 6.45) is 0.537. The summed E-state index contributed by atoms with van der Waals surface area (Å²) in [5.41, 5.74) is 0. The molecular weight excluding hydrogens is 386 g/mol. The molecule has 4 nitrogen and oxygen atoms in total. The maximum absolute atomic E-state index is 11.3. The summed E-state index contributed by atoms with van der Waals surface area (Å²) < 4.78 is 23.2. The van der Waals surface area contributed by atoms with Gasteiger partial charge in [0.1, 0.15) is 16.1 Å². The third-order valence-corrected chi connectivity index (χ3v) is 6.36. The average Bonchev–Trinajstić information content (AvgIpc) is 2.54. The van der Waals surface area contributed by atoms with E-state index in [9.17, 15) is 8.42 Å². The molecule has 88 valence electrons. The number of nitrogens with zero attached hydrogens (tertiary/aromatic N) is 2. The molecule has 1 aliphatic rings. The smallest absolute Gasteiger partial charge is 0.151 e. The number of sulfone groups is 1. The summed E-state index contributed by atoms with van der Waals surface area (Å²) in [5, 5.41) is 0.555. The van der Waals surface area contributed by atoms with E-state index in [2.05, 4.69) is 9.97 Å². The van der Waals surface area contributed by atoms with Crippen LogP contribution in [-0.2, 0) is 9.84 Å². The molecule has 0 aromatic carbocycles. The summed E-state index contributed by atoms with van der Waals surface area (Å²) in [4.78, 5) is 8.16. The van der Waals surface area contributed by atoms with E-state index >= 15 is 0 Å². The molecule has 16 heavy (non-hydrogen) atoms. The first-order chi connectivity index (χ1) is 7.39. The monoisotopic (exact) mass is 392 g/mol. The molecule has 0 aliphatic carbocycles. The summed E-state index contributed by atoms with van der Waals surface area (Å²) in [7, 11) is -2.95. The quantitative estimate of drug-likeness (QED) is 0.543. The Kier molecular flexibility index (Phi) is 3.63. The average molecular weight is 393 g/mol. The molecule has 0 spiro atoms. The molecule has 1 atom stereocenters. The largest absolute Gasteiger partial charge is 0.229 e. The summed E-state index contributed by atoms with van der Waals surface area (Å²) >= 11 is 13.7. The van der Waals surface area contributed by atoms with Crippen molar-refractivity contribution in [2.75, 3.05) is 11.5 Å². The molecule has 0 radical (unpaired) electrons. The fourth-order valence-electron chi connectivity index (χ4n) is 1.59. The summed E-state index contributed by atoms with van der Waals surface area (Å²) in [6.45, 7) is 0. The number of hydrogen-bond donors (Lipinski definition) is 0. The van der Waals surface area contributed by atoms with E-state index in [1.54, 1.807) is 0 Å². The Morgan fingerprint density at radius 2 is 1.81 bits per heavy atom. The van der Waals surface area contributed by atoms with Crippen LogP contribution in [0.15, 0.2) is 0 Å². The topological polar surface area (TPSA) is 59.9 Å². The highest BCUT2D eigenvalue weighted by atomic mass is 127. The van der Waals surface area contributed by atoms with Gasteiger partial charge in [0.05, 0.1) is 15.1 Å². The first-order valence-electron chi connectivity index (χ1n) is 4.48. The Balaban J connectivity index is 2.36. The predicted octanol–water partition coefficient (Wildman–Crippen LogP) is 2.29. The van der Waals surface area contributed by atoms with Crippen molar-refractivity contribution in [3.05, 3.63) is 19.7 Å². The van der Waals surface area contributed by atoms with Crippen LogP contribution in [0.2, 0.25) is 10.3 Å². The van der Waals surface area contributed by atoms with Crippen LogP contribution < -0.4 is 0 Å². The van der Waals surface area contributed by atoms with Gasteiger partial charge in [-0.2, -0.15) is 0 Å². The van der Waals surface area contributed by atoms with Crippen LogP contribution in [0.3, 0.4) is 0 Å². The lowest BCUT2D eigenvalue weighted by molar-refractivity contribution is 0.601. The van der Waals surface area contributed by atoms with Crippen molar-refractivity contribution in [2.24, 2.45) is 0 Å². The van der Waals surface area contributed by atoms with E-state index in [0.29, 0.717) is 15.8 Å². The number of aromatic nitrogens is 2. The first kappa shape index (κ1) is 12.8. The van der Waals surface area contributed by atoms with Gasteiger partial charge in [-0.1, -0.05) is 23.2 Å². The lowest BCUT2D eigenvalue weighted by Crippen LogP contribution is -2.08. The second-order valence-electron chi connectivity index (χ2n) is 3.58. The van der Waals surface area contributed by atoms with Gasteiger partial charge in [-0.05, 0) is 29.0 Å². The Morgan fingerprint density at radius 3 is 2.25 bits per heavy atom. The van der Waals surface area contributed by atoms with Crippen molar-refractivity contribution in [1.82, 2.24) is 9.97 Å². The molecule has 0 amide bonds. The van der Waals surface area contributed by atoms with Crippen molar-refractivity contribution in [2.45, 2.75) is 12.3 Å². The third-order valence-electron chi connectivity index (χ3n) is 2.39. The van der Waals surface area contributed by atoms with Gasteiger partial charge in [0.2, 0.25) is 0 Å². The van der Waals surface area contributed by atoms with Gasteiger partial charge < -0.3 is 0 Å². The van der Waals surface area contributed by atoms with Crippen LogP contribution in [0, 0.1) is 3.57 Å². The van der Waals surface area contributed by atoms with Gasteiger partial charge in [-0.15, -0.1) is 0 Å². The highest BCUT2D eigenvalue weighted by Gasteiger charge is 2.31. The van der Waals surface area contributed by atoms with Gasteiger partial charge in [0, 0.05) is 5.92 Å². The van der Waals surface area contributed by atoms with Gasteiger partial charge in [0.25, 0.3) is 0 Å². The normalized spacial score (nSPS) is 23.6. The van der Waals surface area contributed by atoms with Crippen LogP contribution >= 0.6 is 45.8 Å². The van der Waals surface area contributed by atoms with Crippen molar-refractivity contribution < 1.29 is 8.42 Å². The van der Waals surface area contributed by atoms with Gasteiger partial charge in [-0.25, -0.2) is 18.4 Å². The predicted molar refractivity (Wildman–Crippen MR) is 70.8 cm³/mol. The summed E-state index contributed by atoms with van der Waals surface area (Å²) in [6, 6.07) is 0. The van der Waals surface area contributed by atoms with Gasteiger partial charge >= 0.3 is 0 Å². The highest BCUT2D eigenvalue weighted by molar-refractivity contribution is 14.1. The molecule has 2 heterocycles. The van der Waals surface area contributed by atoms with E-state index < -0.39 is 9.84 Å². The second-order valence-corrected chi connectivity index (χ2v) is 7.60. The van der Waals surface area contributed by atoms with E-state index in [0.717, 1.165) is 0 Å². The molecule has 1 unspecified atom stereocenters. The molecule has 1 aromatic heterocycles. The molecule has 1 aromatic rings. The van der Waals surface area contributed by atoms with Crippen molar-refractivity contribution >= 4 is 55.6 Å². The number of rotatable bonds is 1. The maximum atomic E-state index is 11.3. The SMILES string of the molecule is O=S1(=O)CCC(c2nc(Cl)c(I)c(Cl)n2)C1. The van der Waals surface area contributed by atoms with E-state index in [1.165, 1.54) is 0 Å². The number of halogens is 3. The van der Waals surface area contributed by atoms with Gasteiger partial charge in [0.15, 0.2) is 9.84 Å². The van der Waals surface area contributed by atoms with Crippen molar-refractivity contribution in [3.8, 4) is 0 Å². The lowest BCUT2D eigenvalue weighted by Gasteiger charge is -2.07. The van der Waals surface area contributed by atoms with Crippen LogP contribution in [-0.4, -0.2) is 29.9 Å². The Labute approximate surface area is 117 Å². The minimum absolute atomic E-state index is 0.0836. The molecule has 2 rings (SSSR count). The van der Waals surface area contributed by atoms with E-state index in [-0.39, 0.29) is 27.7 Å². The molecule has 8 heteroatoms. The molecule has 0 N–H and O–H groups in total.